The largest absolute Gasteiger partial charge is 0.488 e. The van der Waals surface area contributed by atoms with Crippen molar-refractivity contribution in [3.05, 3.63) is 97.8 Å². The number of benzene rings is 3. The Labute approximate surface area is 247 Å². The van der Waals surface area contributed by atoms with E-state index in [-0.39, 0.29) is 17.7 Å². The lowest BCUT2D eigenvalue weighted by atomic mass is 10.2. The molecule has 0 saturated carbocycles. The van der Waals surface area contributed by atoms with Gasteiger partial charge in [0.15, 0.2) is 11.0 Å². The topological polar surface area (TPSA) is 93.4 Å². The van der Waals surface area contributed by atoms with Crippen LogP contribution in [0.5, 0.6) is 5.75 Å². The Balaban J connectivity index is 1.27. The number of aromatic nitrogens is 3. The fraction of sp³-hybridized carbons (Fsp3) is 0.185. The van der Waals surface area contributed by atoms with Gasteiger partial charge in [-0.3, -0.25) is 4.79 Å². The highest BCUT2D eigenvalue weighted by molar-refractivity contribution is 14.1. The van der Waals surface area contributed by atoms with Crippen LogP contribution >= 0.6 is 50.3 Å². The van der Waals surface area contributed by atoms with Crippen LogP contribution in [0.4, 0.5) is 5.69 Å². The van der Waals surface area contributed by atoms with Gasteiger partial charge < -0.3 is 14.6 Å². The summed E-state index contributed by atoms with van der Waals surface area (Å²) in [5.41, 5.74) is 5.40. The highest BCUT2D eigenvalue weighted by atomic mass is 127. The summed E-state index contributed by atoms with van der Waals surface area (Å²) in [5, 5.41) is 16.8. The van der Waals surface area contributed by atoms with Crippen molar-refractivity contribution in [1.82, 2.24) is 20.2 Å². The number of halogens is 2. The Hall–Kier alpha value is -2.90. The van der Waals surface area contributed by atoms with E-state index < -0.39 is 0 Å². The van der Waals surface area contributed by atoms with Crippen molar-refractivity contribution >= 4 is 68.1 Å². The predicted molar refractivity (Wildman–Crippen MR) is 164 cm³/mol. The number of hydrazone groups is 1. The molecule has 0 aliphatic carbocycles. The van der Waals surface area contributed by atoms with Gasteiger partial charge >= 0.3 is 0 Å². The molecule has 0 bridgehead atoms. The van der Waals surface area contributed by atoms with E-state index in [9.17, 15) is 4.79 Å². The lowest BCUT2D eigenvalue weighted by Crippen LogP contribution is -2.20. The molecule has 3 aromatic carbocycles. The van der Waals surface area contributed by atoms with E-state index >= 15 is 0 Å². The monoisotopic (exact) mass is 704 g/mol. The predicted octanol–water partition coefficient (Wildman–Crippen LogP) is 6.18. The standard InChI is InChI=1S/C27H26BrIN6O2S/c1-18(31-23-13-11-22(29)12-14-23)26-33-34-27(35(26)2)38-17-25(36)32-30-15-20-5-3-4-6-24(20)37-16-19-7-9-21(28)10-8-19/h3-15,18,31H,16-17H2,1-2H3,(H,32,36)/b30-15-/t18-/m1/s1. The normalized spacial score (nSPS) is 11.9. The summed E-state index contributed by atoms with van der Waals surface area (Å²) in [6.45, 7) is 2.46. The second-order valence-corrected chi connectivity index (χ2v) is 11.4. The van der Waals surface area contributed by atoms with Crippen LogP contribution in [0.1, 0.15) is 29.9 Å². The number of hydrogen-bond acceptors (Lipinski definition) is 7. The number of carbonyl (C=O) groups excluding carboxylic acids is 1. The van der Waals surface area contributed by atoms with Crippen molar-refractivity contribution < 1.29 is 9.53 Å². The maximum absolute atomic E-state index is 12.4. The molecule has 0 aliphatic rings. The van der Waals surface area contributed by atoms with Crippen LogP contribution in [0.3, 0.4) is 0 Å². The van der Waals surface area contributed by atoms with Crippen molar-refractivity contribution in [2.24, 2.45) is 12.1 Å². The molecule has 0 unspecified atom stereocenters. The van der Waals surface area contributed by atoms with Gasteiger partial charge in [-0.25, -0.2) is 5.43 Å². The lowest BCUT2D eigenvalue weighted by Gasteiger charge is -2.14. The summed E-state index contributed by atoms with van der Waals surface area (Å²) in [6.07, 6.45) is 1.58. The number of ether oxygens (including phenoxy) is 1. The minimum absolute atomic E-state index is 0.0496. The number of rotatable bonds is 11. The van der Waals surface area contributed by atoms with E-state index in [1.54, 1.807) is 6.21 Å². The van der Waals surface area contributed by atoms with Crippen LogP contribution in [0.15, 0.2) is 87.5 Å². The molecule has 0 saturated heterocycles. The molecule has 4 rings (SSSR count). The molecule has 4 aromatic rings. The molecule has 1 amide bonds. The van der Waals surface area contributed by atoms with Crippen LogP contribution in [-0.2, 0) is 18.4 Å². The summed E-state index contributed by atoms with van der Waals surface area (Å²) in [7, 11) is 1.89. The van der Waals surface area contributed by atoms with Gasteiger partial charge in [0.2, 0.25) is 0 Å². The van der Waals surface area contributed by atoms with Gasteiger partial charge in [0.05, 0.1) is 18.0 Å². The van der Waals surface area contributed by atoms with Crippen LogP contribution in [0, 0.1) is 3.57 Å². The van der Waals surface area contributed by atoms with E-state index in [1.165, 1.54) is 15.3 Å². The van der Waals surface area contributed by atoms with Crippen LogP contribution in [0.2, 0.25) is 0 Å². The molecular weight excluding hydrogens is 679 g/mol. The number of nitrogens with zero attached hydrogens (tertiary/aromatic N) is 4. The first-order valence-corrected chi connectivity index (χ1v) is 14.6. The average molecular weight is 705 g/mol. The molecule has 38 heavy (non-hydrogen) atoms. The van der Waals surface area contributed by atoms with Gasteiger partial charge in [-0.05, 0) is 83.6 Å². The van der Waals surface area contributed by atoms with E-state index in [4.69, 9.17) is 4.74 Å². The molecule has 0 radical (unpaired) electrons. The Kier molecular flexibility index (Phi) is 10.2. The lowest BCUT2D eigenvalue weighted by molar-refractivity contribution is -0.118. The smallest absolute Gasteiger partial charge is 0.250 e. The number of nitrogens with one attached hydrogen (secondary N) is 2. The Morgan fingerprint density at radius 3 is 2.63 bits per heavy atom. The van der Waals surface area contributed by atoms with Crippen molar-refractivity contribution in [1.29, 1.82) is 0 Å². The van der Waals surface area contributed by atoms with Crippen LogP contribution in [-0.4, -0.2) is 32.6 Å². The molecule has 2 N–H and O–H groups in total. The van der Waals surface area contributed by atoms with E-state index in [2.05, 4.69) is 64.6 Å². The second kappa shape index (κ2) is 13.8. The van der Waals surface area contributed by atoms with Crippen molar-refractivity contribution in [2.45, 2.75) is 24.7 Å². The molecule has 1 heterocycles. The van der Waals surface area contributed by atoms with Crippen molar-refractivity contribution in [3.8, 4) is 5.75 Å². The minimum atomic E-state index is -0.242. The van der Waals surface area contributed by atoms with Gasteiger partial charge in [0.25, 0.3) is 5.91 Å². The van der Waals surface area contributed by atoms with Gasteiger partial charge in [-0.15, -0.1) is 10.2 Å². The second-order valence-electron chi connectivity index (χ2n) is 8.31. The van der Waals surface area contributed by atoms with Crippen molar-refractivity contribution in [2.75, 3.05) is 11.1 Å². The van der Waals surface area contributed by atoms with E-state index in [0.29, 0.717) is 17.5 Å². The number of carbonyl (C=O) groups is 1. The first-order chi connectivity index (χ1) is 18.4. The van der Waals surface area contributed by atoms with E-state index in [0.717, 1.165) is 27.1 Å². The molecule has 11 heteroatoms. The fourth-order valence-electron chi connectivity index (χ4n) is 3.49. The third-order valence-electron chi connectivity index (χ3n) is 5.44. The zero-order valence-electron chi connectivity index (χ0n) is 20.8. The zero-order chi connectivity index (χ0) is 26.9. The maximum Gasteiger partial charge on any atom is 0.250 e. The summed E-state index contributed by atoms with van der Waals surface area (Å²) in [4.78, 5) is 12.4. The third kappa shape index (κ3) is 8.05. The number of para-hydroxylation sites is 1. The number of anilines is 1. The van der Waals surface area contributed by atoms with E-state index in [1.807, 2.05) is 91.3 Å². The van der Waals surface area contributed by atoms with Gasteiger partial charge in [-0.2, -0.15) is 5.10 Å². The number of thioether (sulfide) groups is 1. The molecule has 1 atom stereocenters. The van der Waals surface area contributed by atoms with Crippen LogP contribution in [0.25, 0.3) is 0 Å². The minimum Gasteiger partial charge on any atom is -0.488 e. The summed E-state index contributed by atoms with van der Waals surface area (Å²) < 4.78 is 10.0. The molecule has 0 aliphatic heterocycles. The fourth-order valence-corrected chi connectivity index (χ4v) is 4.82. The number of amides is 1. The molecular formula is C27H26BrIN6O2S. The Morgan fingerprint density at radius 1 is 1.13 bits per heavy atom. The average Bonchev–Trinajstić information content (AvgIpc) is 3.29. The highest BCUT2D eigenvalue weighted by Gasteiger charge is 2.16. The quantitative estimate of drug-likeness (QED) is 0.0839. The molecule has 8 nitrogen and oxygen atoms in total. The summed E-state index contributed by atoms with van der Waals surface area (Å²) >= 11 is 7.02. The molecule has 0 spiro atoms. The van der Waals surface area contributed by atoms with Gasteiger partial charge in [-0.1, -0.05) is 52.0 Å². The van der Waals surface area contributed by atoms with Crippen LogP contribution < -0.4 is 15.5 Å². The molecule has 0 fully saturated rings. The Bertz CT molecular complexity index is 1400. The highest BCUT2D eigenvalue weighted by Crippen LogP contribution is 2.23. The Morgan fingerprint density at radius 2 is 1.87 bits per heavy atom. The summed E-state index contributed by atoms with van der Waals surface area (Å²) in [6, 6.07) is 23.6. The summed E-state index contributed by atoms with van der Waals surface area (Å²) in [5.74, 6) is 1.38. The van der Waals surface area contributed by atoms with Gasteiger partial charge in [0, 0.05) is 26.3 Å². The SMILES string of the molecule is C[C@@H](Nc1ccc(I)cc1)c1nnc(SCC(=O)N/N=C\c2ccccc2OCc2ccc(Br)cc2)n1C. The third-order valence-corrected chi connectivity index (χ3v) is 7.70. The first-order valence-electron chi connectivity index (χ1n) is 11.7. The number of hydrogen-bond donors (Lipinski definition) is 2. The first kappa shape index (κ1) is 28.1. The van der Waals surface area contributed by atoms with Gasteiger partial charge in [0.1, 0.15) is 12.4 Å². The zero-order valence-corrected chi connectivity index (χ0v) is 25.3. The van der Waals surface area contributed by atoms with Crippen molar-refractivity contribution in [3.63, 3.8) is 0 Å². The maximum atomic E-state index is 12.4. The molecule has 1 aromatic heterocycles. The molecule has 196 valence electrons.